The van der Waals surface area contributed by atoms with Crippen molar-refractivity contribution in [2.45, 2.75) is 47.7 Å². The Hall–Kier alpha value is -4.38. The number of rotatable bonds is 12. The first-order valence-electron chi connectivity index (χ1n) is 15.4. The molecule has 0 radical (unpaired) electrons. The Balaban J connectivity index is 1.37. The first kappa shape index (κ1) is 36.9. The van der Waals surface area contributed by atoms with Crippen LogP contribution in [0.4, 0.5) is 27.6 Å². The normalized spacial score (nSPS) is 18.9. The standard InChI is InChI=1S/C34H34F5N3O7S/c1-49-28-15-27(36)24(19-6-5-18(26(35)12-19)9-10-33(40,16-43)17-44)14-25(28)31(45)42-30-21-8-7-20(11-21)29(30)32(46)41-22-3-2-4-23(13-22)50(47,48)34(37,38)39/h2-6,11-15,20,29-30,43-44H,7-10,16-17,40H2,1H3,(H,41,46)(H,42,45)/t20-,29+,30-/m1/s1. The van der Waals surface area contributed by atoms with Crippen LogP contribution in [0, 0.1) is 23.5 Å². The Bertz CT molecular complexity index is 1950. The number of alkyl halides is 3. The summed E-state index contributed by atoms with van der Waals surface area (Å²) >= 11 is 0. The second-order valence-electron chi connectivity index (χ2n) is 12.4. The Kier molecular flexibility index (Phi) is 10.4. The zero-order chi connectivity index (χ0) is 36.6. The lowest BCUT2D eigenvalue weighted by atomic mass is 9.82. The number of amides is 2. The predicted molar refractivity (Wildman–Crippen MR) is 172 cm³/mol. The molecule has 2 aliphatic carbocycles. The molecule has 50 heavy (non-hydrogen) atoms. The van der Waals surface area contributed by atoms with Crippen molar-refractivity contribution < 1.29 is 54.9 Å². The highest BCUT2D eigenvalue weighted by Gasteiger charge is 2.48. The van der Waals surface area contributed by atoms with E-state index in [4.69, 9.17) is 10.5 Å². The molecule has 2 amide bonds. The van der Waals surface area contributed by atoms with Crippen molar-refractivity contribution in [3.05, 3.63) is 89.0 Å². The average Bonchev–Trinajstić information content (AvgIpc) is 3.69. The number of allylic oxidation sites excluding steroid dienone is 1. The van der Waals surface area contributed by atoms with E-state index in [-0.39, 0.29) is 52.5 Å². The number of carbonyl (C=O) groups is 2. The number of hydrogen-bond donors (Lipinski definition) is 5. The minimum atomic E-state index is -5.67. The summed E-state index contributed by atoms with van der Waals surface area (Å²) in [6, 6.07) is 8.98. The third-order valence-electron chi connectivity index (χ3n) is 9.14. The quantitative estimate of drug-likeness (QED) is 0.137. The van der Waals surface area contributed by atoms with Gasteiger partial charge in [0.1, 0.15) is 17.4 Å². The number of nitrogens with two attached hydrogens (primary N) is 1. The molecule has 3 atom stereocenters. The topological polar surface area (TPSA) is 168 Å². The molecule has 0 fully saturated rings. The van der Waals surface area contributed by atoms with Crippen LogP contribution in [-0.4, -0.2) is 67.9 Å². The van der Waals surface area contributed by atoms with Crippen LogP contribution in [0.15, 0.2) is 71.1 Å². The van der Waals surface area contributed by atoms with Gasteiger partial charge in [0, 0.05) is 17.3 Å². The van der Waals surface area contributed by atoms with Crippen LogP contribution in [0.2, 0.25) is 0 Å². The minimum absolute atomic E-state index is 0.0707. The maximum Gasteiger partial charge on any atom is 0.501 e. The molecule has 0 heterocycles. The van der Waals surface area contributed by atoms with Gasteiger partial charge in [-0.1, -0.05) is 29.8 Å². The Labute approximate surface area is 284 Å². The van der Waals surface area contributed by atoms with Crippen LogP contribution in [-0.2, 0) is 21.1 Å². The molecule has 0 saturated heterocycles. The van der Waals surface area contributed by atoms with E-state index in [1.165, 1.54) is 31.4 Å². The highest BCUT2D eigenvalue weighted by atomic mass is 32.2. The lowest BCUT2D eigenvalue weighted by Gasteiger charge is -2.31. The number of hydrogen-bond acceptors (Lipinski definition) is 8. The van der Waals surface area contributed by atoms with Crippen LogP contribution in [0.25, 0.3) is 11.1 Å². The van der Waals surface area contributed by atoms with Gasteiger partial charge in [-0.2, -0.15) is 13.2 Å². The third-order valence-corrected chi connectivity index (χ3v) is 10.6. The van der Waals surface area contributed by atoms with E-state index in [1.54, 1.807) is 0 Å². The summed E-state index contributed by atoms with van der Waals surface area (Å²) in [4.78, 5) is 26.2. The van der Waals surface area contributed by atoms with Gasteiger partial charge < -0.3 is 31.3 Å². The number of benzene rings is 3. The molecule has 3 aromatic rings. The van der Waals surface area contributed by atoms with Crippen LogP contribution >= 0.6 is 0 Å². The summed E-state index contributed by atoms with van der Waals surface area (Å²) in [7, 11) is -4.45. The molecule has 5 rings (SSSR count). The minimum Gasteiger partial charge on any atom is -0.496 e. The lowest BCUT2D eigenvalue weighted by molar-refractivity contribution is -0.121. The number of nitrogens with one attached hydrogen (secondary N) is 2. The number of anilines is 1. The molecule has 2 aliphatic rings. The summed E-state index contributed by atoms with van der Waals surface area (Å²) in [5.41, 5.74) is -0.380. The number of fused-ring (bicyclic) bond motifs is 1. The Morgan fingerprint density at radius 1 is 1.02 bits per heavy atom. The first-order chi connectivity index (χ1) is 23.5. The number of halogens is 5. The van der Waals surface area contributed by atoms with E-state index in [0.717, 1.165) is 29.8 Å². The third kappa shape index (κ3) is 7.24. The number of sulfone groups is 1. The van der Waals surface area contributed by atoms with Crippen molar-refractivity contribution in [1.82, 2.24) is 5.32 Å². The highest BCUT2D eigenvalue weighted by Crippen LogP contribution is 2.44. The van der Waals surface area contributed by atoms with Gasteiger partial charge in [0.15, 0.2) is 0 Å². The number of carbonyl (C=O) groups excluding carboxylic acids is 2. The zero-order valence-corrected chi connectivity index (χ0v) is 27.4. The molecule has 2 bridgehead atoms. The van der Waals surface area contributed by atoms with Crippen molar-refractivity contribution in [3.8, 4) is 16.9 Å². The Morgan fingerprint density at radius 3 is 2.38 bits per heavy atom. The van der Waals surface area contributed by atoms with Gasteiger partial charge in [-0.3, -0.25) is 9.59 Å². The maximum atomic E-state index is 15.3. The Morgan fingerprint density at radius 2 is 1.74 bits per heavy atom. The summed E-state index contributed by atoms with van der Waals surface area (Å²) in [5.74, 6) is -4.31. The number of aliphatic hydroxyl groups is 2. The van der Waals surface area contributed by atoms with Crippen molar-refractivity contribution in [2.75, 3.05) is 25.6 Å². The molecule has 0 saturated carbocycles. The van der Waals surface area contributed by atoms with Gasteiger partial charge in [0.2, 0.25) is 5.91 Å². The fourth-order valence-corrected chi connectivity index (χ4v) is 7.08. The van der Waals surface area contributed by atoms with Gasteiger partial charge in [-0.25, -0.2) is 17.2 Å². The number of aryl methyl sites for hydroxylation is 1. The van der Waals surface area contributed by atoms with E-state index in [1.807, 2.05) is 6.08 Å². The van der Waals surface area contributed by atoms with Crippen LogP contribution < -0.4 is 21.1 Å². The molecular formula is C34H34F5N3O7S. The summed E-state index contributed by atoms with van der Waals surface area (Å²) in [5, 5.41) is 24.1. The van der Waals surface area contributed by atoms with E-state index in [2.05, 4.69) is 10.6 Å². The average molecular weight is 724 g/mol. The van der Waals surface area contributed by atoms with Gasteiger partial charge in [-0.05, 0) is 73.1 Å². The highest BCUT2D eigenvalue weighted by molar-refractivity contribution is 7.92. The SMILES string of the molecule is COc1cc(F)c(-c2ccc(CCC(N)(CO)CO)c(F)c2)cc1C(=O)N[C@@H]1C2=C[C@@H](CC2)[C@@H]1C(=O)Nc1cccc(S(=O)(=O)C(F)(F)F)c1. The van der Waals surface area contributed by atoms with E-state index in [9.17, 15) is 41.4 Å². The molecule has 10 nitrogen and oxygen atoms in total. The molecule has 268 valence electrons. The molecule has 6 N–H and O–H groups in total. The smallest absolute Gasteiger partial charge is 0.496 e. The number of aliphatic hydroxyl groups excluding tert-OH is 2. The van der Waals surface area contributed by atoms with Crippen molar-refractivity contribution in [1.29, 1.82) is 0 Å². The summed E-state index contributed by atoms with van der Waals surface area (Å²) in [6.45, 7) is -1.03. The second kappa shape index (κ2) is 14.1. The van der Waals surface area contributed by atoms with Gasteiger partial charge in [0.25, 0.3) is 15.7 Å². The first-order valence-corrected chi connectivity index (χ1v) is 16.9. The second-order valence-corrected chi connectivity index (χ2v) is 14.3. The van der Waals surface area contributed by atoms with Crippen molar-refractivity contribution in [2.24, 2.45) is 17.6 Å². The molecular weight excluding hydrogens is 689 g/mol. The predicted octanol–water partition coefficient (Wildman–Crippen LogP) is 4.25. The molecule has 0 unspecified atom stereocenters. The van der Waals surface area contributed by atoms with E-state index < -0.39 is 74.4 Å². The fraction of sp³-hybridized carbons (Fsp3) is 0.353. The van der Waals surface area contributed by atoms with Crippen LogP contribution in [0.5, 0.6) is 5.75 Å². The van der Waals surface area contributed by atoms with Gasteiger partial charge in [0.05, 0.1) is 48.3 Å². The van der Waals surface area contributed by atoms with E-state index in [0.29, 0.717) is 18.9 Å². The van der Waals surface area contributed by atoms with Crippen LogP contribution in [0.1, 0.15) is 35.2 Å². The van der Waals surface area contributed by atoms with Crippen LogP contribution in [0.3, 0.4) is 0 Å². The lowest BCUT2D eigenvalue weighted by Crippen LogP contribution is -2.47. The maximum absolute atomic E-state index is 15.3. The van der Waals surface area contributed by atoms with Gasteiger partial charge >= 0.3 is 5.51 Å². The monoisotopic (exact) mass is 723 g/mol. The summed E-state index contributed by atoms with van der Waals surface area (Å²) in [6.07, 6.45) is 3.10. The van der Waals surface area contributed by atoms with Gasteiger partial charge in [-0.15, -0.1) is 0 Å². The summed E-state index contributed by atoms with van der Waals surface area (Å²) < 4.78 is 98.8. The zero-order valence-electron chi connectivity index (χ0n) is 26.6. The molecule has 0 aromatic heterocycles. The molecule has 0 spiro atoms. The largest absolute Gasteiger partial charge is 0.501 e. The fourth-order valence-electron chi connectivity index (χ4n) is 6.27. The van der Waals surface area contributed by atoms with E-state index >= 15 is 8.78 Å². The number of ether oxygens (including phenoxy) is 1. The van der Waals surface area contributed by atoms with Crippen molar-refractivity contribution >= 4 is 27.3 Å². The molecule has 16 heteroatoms. The molecule has 3 aromatic carbocycles. The number of methoxy groups -OCH3 is 1. The van der Waals surface area contributed by atoms with Crippen molar-refractivity contribution in [3.63, 3.8) is 0 Å². The molecule has 0 aliphatic heterocycles.